The minimum atomic E-state index is 0.701. The molecule has 0 saturated carbocycles. The maximum atomic E-state index is 5.40. The maximum Gasteiger partial charge on any atom is 0.119 e. The van der Waals surface area contributed by atoms with Gasteiger partial charge in [0.05, 0.1) is 6.61 Å². The van der Waals surface area contributed by atoms with Crippen LogP contribution in [0.15, 0.2) is 48.7 Å². The third-order valence-corrected chi connectivity index (χ3v) is 2.60. The van der Waals surface area contributed by atoms with E-state index >= 15 is 0 Å². The molecule has 2 aromatic rings. The van der Waals surface area contributed by atoms with E-state index in [1.165, 1.54) is 0 Å². The molecule has 1 aromatic carbocycles. The molecule has 0 unspecified atom stereocenters. The van der Waals surface area contributed by atoms with Crippen molar-refractivity contribution >= 4 is 5.69 Å². The lowest BCUT2D eigenvalue weighted by molar-refractivity contribution is 0.340. The molecular weight excluding hydrogens is 224 g/mol. The van der Waals surface area contributed by atoms with Crippen molar-refractivity contribution in [1.82, 2.24) is 4.98 Å². The molecule has 1 N–H and O–H groups in total. The lowest BCUT2D eigenvalue weighted by Gasteiger charge is -2.07. The number of nitrogens with zero attached hydrogens (tertiary/aromatic N) is 1. The van der Waals surface area contributed by atoms with Crippen molar-refractivity contribution in [3.63, 3.8) is 0 Å². The normalized spacial score (nSPS) is 10.1. The molecule has 0 aliphatic carbocycles. The number of hydrogen-bond acceptors (Lipinski definition) is 3. The van der Waals surface area contributed by atoms with E-state index in [4.69, 9.17) is 4.74 Å². The van der Waals surface area contributed by atoms with Gasteiger partial charge in [0.2, 0.25) is 0 Å². The number of aromatic nitrogens is 1. The fourth-order valence-corrected chi connectivity index (χ4v) is 1.72. The third kappa shape index (κ3) is 3.77. The molecule has 0 amide bonds. The average molecular weight is 242 g/mol. The Hall–Kier alpha value is -2.03. The number of pyridine rings is 1. The molecule has 2 rings (SSSR count). The monoisotopic (exact) mass is 242 g/mol. The van der Waals surface area contributed by atoms with Crippen molar-refractivity contribution in [2.45, 2.75) is 13.3 Å². The van der Waals surface area contributed by atoms with Crippen LogP contribution in [-0.2, 0) is 6.42 Å². The van der Waals surface area contributed by atoms with Crippen LogP contribution in [0, 0.1) is 0 Å². The summed E-state index contributed by atoms with van der Waals surface area (Å²) in [6.45, 7) is 3.57. The highest BCUT2D eigenvalue weighted by Crippen LogP contribution is 2.15. The fraction of sp³-hybridized carbons (Fsp3) is 0.267. The Morgan fingerprint density at radius 3 is 2.61 bits per heavy atom. The van der Waals surface area contributed by atoms with Gasteiger partial charge in [0.1, 0.15) is 5.75 Å². The Balaban J connectivity index is 1.80. The predicted molar refractivity (Wildman–Crippen MR) is 74.0 cm³/mol. The summed E-state index contributed by atoms with van der Waals surface area (Å²) < 4.78 is 5.40. The number of ether oxygens (including phenoxy) is 1. The van der Waals surface area contributed by atoms with Crippen molar-refractivity contribution in [3.8, 4) is 5.75 Å². The molecular formula is C15H18N2O. The summed E-state index contributed by atoms with van der Waals surface area (Å²) in [4.78, 5) is 4.29. The maximum absolute atomic E-state index is 5.40. The summed E-state index contributed by atoms with van der Waals surface area (Å²) >= 11 is 0. The average Bonchev–Trinajstić information content (AvgIpc) is 2.42. The summed E-state index contributed by atoms with van der Waals surface area (Å²) in [5, 5.41) is 3.37. The Morgan fingerprint density at radius 1 is 1.11 bits per heavy atom. The van der Waals surface area contributed by atoms with E-state index in [9.17, 15) is 0 Å². The van der Waals surface area contributed by atoms with Crippen molar-refractivity contribution in [1.29, 1.82) is 0 Å². The third-order valence-electron chi connectivity index (χ3n) is 2.60. The summed E-state index contributed by atoms with van der Waals surface area (Å²) in [7, 11) is 0. The minimum Gasteiger partial charge on any atom is -0.494 e. The fourth-order valence-electron chi connectivity index (χ4n) is 1.72. The van der Waals surface area contributed by atoms with E-state index in [0.29, 0.717) is 6.61 Å². The van der Waals surface area contributed by atoms with Gasteiger partial charge in [-0.2, -0.15) is 0 Å². The van der Waals surface area contributed by atoms with Gasteiger partial charge in [-0.3, -0.25) is 4.98 Å². The minimum absolute atomic E-state index is 0.701. The van der Waals surface area contributed by atoms with Crippen LogP contribution >= 0.6 is 0 Å². The second-order valence-corrected chi connectivity index (χ2v) is 3.96. The molecule has 1 heterocycles. The van der Waals surface area contributed by atoms with Gasteiger partial charge in [0.15, 0.2) is 0 Å². The standard InChI is InChI=1S/C15H18N2O/c1-2-18-15-8-6-14(7-9-15)17-12-10-13-5-3-4-11-16-13/h3-9,11,17H,2,10,12H2,1H3. The zero-order chi connectivity index (χ0) is 12.6. The van der Waals surface area contributed by atoms with Gasteiger partial charge in [-0.1, -0.05) is 6.07 Å². The lowest BCUT2D eigenvalue weighted by Crippen LogP contribution is -2.05. The second-order valence-electron chi connectivity index (χ2n) is 3.96. The molecule has 0 fully saturated rings. The van der Waals surface area contributed by atoms with Crippen LogP contribution in [0.5, 0.6) is 5.75 Å². The molecule has 0 aliphatic rings. The Kier molecular flexibility index (Phi) is 4.59. The van der Waals surface area contributed by atoms with E-state index in [1.54, 1.807) is 0 Å². The van der Waals surface area contributed by atoms with Gasteiger partial charge < -0.3 is 10.1 Å². The number of rotatable bonds is 6. The molecule has 0 spiro atoms. The molecule has 0 saturated heterocycles. The van der Waals surface area contributed by atoms with Crippen LogP contribution in [-0.4, -0.2) is 18.1 Å². The molecule has 0 bridgehead atoms. The number of benzene rings is 1. The highest BCUT2D eigenvalue weighted by molar-refractivity contribution is 5.46. The second kappa shape index (κ2) is 6.64. The summed E-state index contributed by atoms with van der Waals surface area (Å²) in [5.74, 6) is 0.910. The van der Waals surface area contributed by atoms with Crippen LogP contribution in [0.2, 0.25) is 0 Å². The Morgan fingerprint density at radius 2 is 1.94 bits per heavy atom. The van der Waals surface area contributed by atoms with E-state index < -0.39 is 0 Å². The molecule has 94 valence electrons. The van der Waals surface area contributed by atoms with E-state index in [2.05, 4.69) is 10.3 Å². The molecule has 0 atom stereocenters. The van der Waals surface area contributed by atoms with Gasteiger partial charge in [-0.05, 0) is 43.3 Å². The van der Waals surface area contributed by atoms with Crippen molar-refractivity contribution in [3.05, 3.63) is 54.4 Å². The first-order valence-electron chi connectivity index (χ1n) is 6.25. The summed E-state index contributed by atoms with van der Waals surface area (Å²) in [5.41, 5.74) is 2.21. The molecule has 18 heavy (non-hydrogen) atoms. The zero-order valence-corrected chi connectivity index (χ0v) is 10.6. The first kappa shape index (κ1) is 12.4. The smallest absolute Gasteiger partial charge is 0.119 e. The van der Waals surface area contributed by atoms with Crippen molar-refractivity contribution in [2.24, 2.45) is 0 Å². The quantitative estimate of drug-likeness (QED) is 0.845. The highest BCUT2D eigenvalue weighted by Gasteiger charge is 1.95. The first-order valence-corrected chi connectivity index (χ1v) is 6.25. The first-order chi connectivity index (χ1) is 8.88. The van der Waals surface area contributed by atoms with Crippen molar-refractivity contribution in [2.75, 3.05) is 18.5 Å². The number of nitrogens with one attached hydrogen (secondary N) is 1. The summed E-state index contributed by atoms with van der Waals surface area (Å²) in [6.07, 6.45) is 2.75. The SMILES string of the molecule is CCOc1ccc(NCCc2ccccn2)cc1. The van der Waals surface area contributed by atoms with Crippen LogP contribution < -0.4 is 10.1 Å². The van der Waals surface area contributed by atoms with Crippen LogP contribution in [0.1, 0.15) is 12.6 Å². The summed E-state index contributed by atoms with van der Waals surface area (Å²) in [6, 6.07) is 14.0. The lowest BCUT2D eigenvalue weighted by atomic mass is 10.2. The predicted octanol–water partition coefficient (Wildman–Crippen LogP) is 3.13. The van der Waals surface area contributed by atoms with E-state index in [0.717, 1.165) is 30.1 Å². The number of anilines is 1. The van der Waals surface area contributed by atoms with Gasteiger partial charge in [-0.15, -0.1) is 0 Å². The van der Waals surface area contributed by atoms with Gasteiger partial charge in [0.25, 0.3) is 0 Å². The van der Waals surface area contributed by atoms with Gasteiger partial charge in [-0.25, -0.2) is 0 Å². The highest BCUT2D eigenvalue weighted by atomic mass is 16.5. The van der Waals surface area contributed by atoms with Crippen LogP contribution in [0.4, 0.5) is 5.69 Å². The van der Waals surface area contributed by atoms with Crippen LogP contribution in [0.25, 0.3) is 0 Å². The van der Waals surface area contributed by atoms with Gasteiger partial charge in [0, 0.05) is 30.5 Å². The molecule has 0 radical (unpaired) electrons. The molecule has 0 aliphatic heterocycles. The Labute approximate surface area is 108 Å². The Bertz CT molecular complexity index is 454. The largest absolute Gasteiger partial charge is 0.494 e. The molecule has 3 heteroatoms. The van der Waals surface area contributed by atoms with E-state index in [-0.39, 0.29) is 0 Å². The van der Waals surface area contributed by atoms with Crippen molar-refractivity contribution < 1.29 is 4.74 Å². The van der Waals surface area contributed by atoms with E-state index in [1.807, 2.05) is 55.6 Å². The molecule has 1 aromatic heterocycles. The topological polar surface area (TPSA) is 34.1 Å². The number of hydrogen-bond donors (Lipinski definition) is 1. The van der Waals surface area contributed by atoms with Gasteiger partial charge >= 0.3 is 0 Å². The van der Waals surface area contributed by atoms with Crippen LogP contribution in [0.3, 0.4) is 0 Å². The molecule has 3 nitrogen and oxygen atoms in total. The zero-order valence-electron chi connectivity index (χ0n) is 10.6.